The van der Waals surface area contributed by atoms with Gasteiger partial charge in [0.25, 0.3) is 5.91 Å². The number of carbonyl (C=O) groups is 1. The van der Waals surface area contributed by atoms with Crippen molar-refractivity contribution in [2.45, 2.75) is 25.8 Å². The predicted molar refractivity (Wildman–Crippen MR) is 76.5 cm³/mol. The van der Waals surface area contributed by atoms with Gasteiger partial charge in [0.05, 0.1) is 12.1 Å². The molecule has 1 atom stereocenters. The van der Waals surface area contributed by atoms with Gasteiger partial charge in [-0.15, -0.1) is 0 Å². The lowest BCUT2D eigenvalue weighted by Crippen LogP contribution is -2.46. The molecule has 4 heteroatoms. The smallest absolute Gasteiger partial charge is 0.252 e. The quantitative estimate of drug-likeness (QED) is 0.797. The summed E-state index contributed by atoms with van der Waals surface area (Å²) >= 11 is 0. The first kappa shape index (κ1) is 14.6. The summed E-state index contributed by atoms with van der Waals surface area (Å²) in [5, 5.41) is 11.8. The first-order valence-corrected chi connectivity index (χ1v) is 6.65. The normalized spacial score (nSPS) is 21.1. The minimum absolute atomic E-state index is 0.108. The van der Waals surface area contributed by atoms with Crippen LogP contribution >= 0.6 is 0 Å². The highest BCUT2D eigenvalue weighted by atomic mass is 16.5. The highest BCUT2D eigenvalue weighted by Gasteiger charge is 2.31. The van der Waals surface area contributed by atoms with E-state index in [1.807, 2.05) is 19.9 Å². The fourth-order valence-corrected chi connectivity index (χ4v) is 2.26. The van der Waals surface area contributed by atoms with Crippen molar-refractivity contribution < 1.29 is 14.6 Å². The van der Waals surface area contributed by atoms with E-state index >= 15 is 0 Å². The van der Waals surface area contributed by atoms with Gasteiger partial charge in [0.15, 0.2) is 0 Å². The van der Waals surface area contributed by atoms with Crippen LogP contribution in [0.2, 0.25) is 0 Å². The lowest BCUT2D eigenvalue weighted by molar-refractivity contribution is 0.0889. The second kappa shape index (κ2) is 6.08. The molecule has 106 valence electrons. The van der Waals surface area contributed by atoms with Crippen LogP contribution in [0, 0.1) is 18.8 Å². The Hall–Kier alpha value is -1.83. The molecule has 1 aliphatic rings. The molecule has 1 aliphatic heterocycles. The number of amides is 1. The van der Waals surface area contributed by atoms with Crippen LogP contribution in [0.1, 0.15) is 34.8 Å². The zero-order valence-electron chi connectivity index (χ0n) is 11.8. The summed E-state index contributed by atoms with van der Waals surface area (Å²) in [5.74, 6) is 5.35. The van der Waals surface area contributed by atoms with Crippen molar-refractivity contribution in [1.82, 2.24) is 5.32 Å². The predicted octanol–water partition coefficient (Wildman–Crippen LogP) is 1.25. The van der Waals surface area contributed by atoms with E-state index in [4.69, 9.17) is 9.84 Å². The second-order valence-electron chi connectivity index (χ2n) is 5.26. The maximum absolute atomic E-state index is 12.4. The van der Waals surface area contributed by atoms with Crippen molar-refractivity contribution in [1.29, 1.82) is 0 Å². The molecule has 1 aromatic carbocycles. The van der Waals surface area contributed by atoms with Crippen LogP contribution in [0.5, 0.6) is 0 Å². The summed E-state index contributed by atoms with van der Waals surface area (Å²) in [7, 11) is 0. The third-order valence-corrected chi connectivity index (χ3v) is 3.51. The third kappa shape index (κ3) is 3.19. The van der Waals surface area contributed by atoms with Crippen molar-refractivity contribution in [3.05, 3.63) is 34.9 Å². The summed E-state index contributed by atoms with van der Waals surface area (Å²) in [6.07, 6.45) is 0.821. The van der Waals surface area contributed by atoms with Crippen LogP contribution in [-0.2, 0) is 4.74 Å². The van der Waals surface area contributed by atoms with Gasteiger partial charge < -0.3 is 15.2 Å². The van der Waals surface area contributed by atoms with E-state index in [1.165, 1.54) is 0 Å². The van der Waals surface area contributed by atoms with Crippen LogP contribution in [0.4, 0.5) is 0 Å². The Kier molecular flexibility index (Phi) is 4.43. The largest absolute Gasteiger partial charge is 0.384 e. The lowest BCUT2D eigenvalue weighted by Gasteiger charge is -2.24. The van der Waals surface area contributed by atoms with Gasteiger partial charge in [-0.1, -0.05) is 17.9 Å². The number of benzene rings is 1. The van der Waals surface area contributed by atoms with Gasteiger partial charge in [-0.2, -0.15) is 0 Å². The van der Waals surface area contributed by atoms with Gasteiger partial charge in [-0.05, 0) is 38.0 Å². The summed E-state index contributed by atoms with van der Waals surface area (Å²) in [4.78, 5) is 12.4. The minimum Gasteiger partial charge on any atom is -0.384 e. The summed E-state index contributed by atoms with van der Waals surface area (Å²) in [5.41, 5.74) is 1.91. The van der Waals surface area contributed by atoms with E-state index in [0.29, 0.717) is 18.8 Å². The molecule has 1 saturated heterocycles. The zero-order valence-corrected chi connectivity index (χ0v) is 11.8. The summed E-state index contributed by atoms with van der Waals surface area (Å²) in [6, 6.07) is 5.43. The molecule has 1 amide bonds. The molecule has 20 heavy (non-hydrogen) atoms. The Labute approximate surface area is 119 Å². The number of hydrogen-bond donors (Lipinski definition) is 2. The molecule has 0 bridgehead atoms. The van der Waals surface area contributed by atoms with Crippen LogP contribution in [0.3, 0.4) is 0 Å². The topological polar surface area (TPSA) is 58.6 Å². The highest BCUT2D eigenvalue weighted by molar-refractivity contribution is 5.96. The van der Waals surface area contributed by atoms with Crippen LogP contribution in [0.15, 0.2) is 18.2 Å². The van der Waals surface area contributed by atoms with E-state index < -0.39 is 0 Å². The number of aliphatic hydroxyl groups is 1. The average molecular weight is 273 g/mol. The standard InChI is InChI=1S/C16H19NO3/c1-12-13(6-4-9-18)5-3-7-14(12)15(19)17-16(2)8-10-20-11-16/h3,5,7,18H,8-11H2,1-2H3,(H,17,19). The van der Waals surface area contributed by atoms with Crippen molar-refractivity contribution in [3.63, 3.8) is 0 Å². The number of hydrogen-bond acceptors (Lipinski definition) is 3. The van der Waals surface area contributed by atoms with Gasteiger partial charge in [-0.25, -0.2) is 0 Å². The molecule has 1 aromatic rings. The SMILES string of the molecule is Cc1c(C#CCO)cccc1C(=O)NC1(C)CCOC1. The molecular weight excluding hydrogens is 254 g/mol. The van der Waals surface area contributed by atoms with Gasteiger partial charge in [0.2, 0.25) is 0 Å². The molecular formula is C16H19NO3. The molecule has 1 fully saturated rings. The molecule has 2 N–H and O–H groups in total. The molecule has 2 rings (SSSR count). The molecule has 4 nitrogen and oxygen atoms in total. The Morgan fingerprint density at radius 3 is 3.00 bits per heavy atom. The molecule has 0 radical (unpaired) electrons. The van der Waals surface area contributed by atoms with E-state index in [-0.39, 0.29) is 18.1 Å². The third-order valence-electron chi connectivity index (χ3n) is 3.51. The first-order chi connectivity index (χ1) is 9.56. The van der Waals surface area contributed by atoms with Crippen molar-refractivity contribution in [2.24, 2.45) is 0 Å². The first-order valence-electron chi connectivity index (χ1n) is 6.65. The van der Waals surface area contributed by atoms with Gasteiger partial charge in [0.1, 0.15) is 6.61 Å². The number of rotatable bonds is 2. The lowest BCUT2D eigenvalue weighted by atomic mass is 9.98. The molecule has 0 aliphatic carbocycles. The average Bonchev–Trinajstić information content (AvgIpc) is 2.84. The van der Waals surface area contributed by atoms with Crippen LogP contribution in [0.25, 0.3) is 0 Å². The number of nitrogens with one attached hydrogen (secondary N) is 1. The minimum atomic E-state index is -0.295. The van der Waals surface area contributed by atoms with E-state index in [9.17, 15) is 4.79 Å². The number of aliphatic hydroxyl groups excluding tert-OH is 1. The van der Waals surface area contributed by atoms with Gasteiger partial charge in [-0.3, -0.25) is 4.79 Å². The second-order valence-corrected chi connectivity index (χ2v) is 5.26. The fourth-order valence-electron chi connectivity index (χ4n) is 2.26. The molecule has 0 aromatic heterocycles. The highest BCUT2D eigenvalue weighted by Crippen LogP contribution is 2.20. The van der Waals surface area contributed by atoms with E-state index in [0.717, 1.165) is 17.5 Å². The number of ether oxygens (including phenoxy) is 1. The summed E-state index contributed by atoms with van der Waals surface area (Å²) in [6.45, 7) is 4.89. The van der Waals surface area contributed by atoms with Crippen LogP contribution in [-0.4, -0.2) is 36.4 Å². The fraction of sp³-hybridized carbons (Fsp3) is 0.438. The van der Waals surface area contributed by atoms with E-state index in [1.54, 1.807) is 12.1 Å². The Morgan fingerprint density at radius 1 is 1.55 bits per heavy atom. The van der Waals surface area contributed by atoms with Crippen molar-refractivity contribution in [2.75, 3.05) is 19.8 Å². The van der Waals surface area contributed by atoms with Crippen molar-refractivity contribution in [3.8, 4) is 11.8 Å². The monoisotopic (exact) mass is 273 g/mol. The molecule has 0 saturated carbocycles. The maximum Gasteiger partial charge on any atom is 0.252 e. The Balaban J connectivity index is 2.22. The maximum atomic E-state index is 12.4. The number of carbonyl (C=O) groups excluding carboxylic acids is 1. The van der Waals surface area contributed by atoms with Gasteiger partial charge >= 0.3 is 0 Å². The Bertz CT molecular complexity index is 563. The molecule has 0 spiro atoms. The van der Waals surface area contributed by atoms with Crippen LogP contribution < -0.4 is 5.32 Å². The summed E-state index contributed by atoms with van der Waals surface area (Å²) < 4.78 is 5.34. The zero-order chi connectivity index (χ0) is 14.6. The van der Waals surface area contributed by atoms with Gasteiger partial charge in [0, 0.05) is 17.7 Å². The molecule has 1 unspecified atom stereocenters. The Morgan fingerprint density at radius 2 is 2.35 bits per heavy atom. The molecule has 1 heterocycles. The van der Waals surface area contributed by atoms with E-state index in [2.05, 4.69) is 17.2 Å². The van der Waals surface area contributed by atoms with Crippen molar-refractivity contribution >= 4 is 5.91 Å².